The second kappa shape index (κ2) is 10.5. The lowest BCUT2D eigenvalue weighted by Crippen LogP contribution is -2.36. The zero-order valence-corrected chi connectivity index (χ0v) is 18.0. The molecular formula is C21H28FN7O2. The van der Waals surface area contributed by atoms with E-state index in [4.69, 9.17) is 16.2 Å². The van der Waals surface area contributed by atoms with Crippen molar-refractivity contribution in [2.24, 2.45) is 5.73 Å². The molecule has 1 aromatic carbocycles. The molecule has 3 rings (SSSR count). The number of hydrogen-bond donors (Lipinski definition) is 2. The van der Waals surface area contributed by atoms with Gasteiger partial charge in [-0.2, -0.15) is 4.52 Å². The van der Waals surface area contributed by atoms with Crippen LogP contribution in [0, 0.1) is 18.7 Å². The van der Waals surface area contributed by atoms with Crippen molar-refractivity contribution in [2.45, 2.75) is 38.6 Å². The van der Waals surface area contributed by atoms with Crippen LogP contribution in [0.5, 0.6) is 5.75 Å². The van der Waals surface area contributed by atoms with E-state index in [2.05, 4.69) is 27.9 Å². The average molecular weight is 430 g/mol. The summed E-state index contributed by atoms with van der Waals surface area (Å²) >= 11 is 0. The molecule has 2 aromatic heterocycles. The molecule has 0 bridgehead atoms. The van der Waals surface area contributed by atoms with E-state index in [0.717, 1.165) is 12.8 Å². The summed E-state index contributed by atoms with van der Waals surface area (Å²) in [6, 6.07) is 2.90. The van der Waals surface area contributed by atoms with Crippen molar-refractivity contribution in [3.63, 3.8) is 0 Å². The van der Waals surface area contributed by atoms with Crippen LogP contribution in [0.3, 0.4) is 0 Å². The quantitative estimate of drug-likeness (QED) is 0.523. The van der Waals surface area contributed by atoms with Crippen molar-refractivity contribution in [1.29, 1.82) is 0 Å². The highest BCUT2D eigenvalue weighted by Crippen LogP contribution is 2.27. The average Bonchev–Trinajstić information content (AvgIpc) is 3.20. The molecule has 3 aromatic rings. The lowest BCUT2D eigenvalue weighted by molar-refractivity contribution is -0.131. The number of carbonyl (C=O) groups is 1. The number of nitrogens with zero attached hydrogens (tertiary/aromatic N) is 5. The number of anilines is 1. The molecule has 0 spiro atoms. The maximum Gasteiger partial charge on any atom is 0.223 e. The van der Waals surface area contributed by atoms with Gasteiger partial charge in [0.05, 0.1) is 12.6 Å². The Kier molecular flexibility index (Phi) is 8.10. The third-order valence-corrected chi connectivity index (χ3v) is 5.05. The normalized spacial score (nSPS) is 11.7. The summed E-state index contributed by atoms with van der Waals surface area (Å²) in [7, 11) is 3.18. The number of carbonyl (C=O) groups excluding carboxylic acids is 1. The summed E-state index contributed by atoms with van der Waals surface area (Å²) in [5.41, 5.74) is 12.4. The van der Waals surface area contributed by atoms with Gasteiger partial charge in [0.15, 0.2) is 23.0 Å². The Hall–Kier alpha value is -3.45. The SMILES string of the molecule is C#C.COc1cc2nc(N)n3nc(CCC[C@H](C)N(C)C(=O)CCN)nc3c2cc1F. The number of ether oxygens (including phenoxy) is 1. The molecule has 166 valence electrons. The fraction of sp³-hybridized carbons (Fsp3) is 0.429. The van der Waals surface area contributed by atoms with Gasteiger partial charge < -0.3 is 21.1 Å². The predicted molar refractivity (Wildman–Crippen MR) is 118 cm³/mol. The fourth-order valence-corrected chi connectivity index (χ4v) is 3.23. The molecule has 1 amide bonds. The summed E-state index contributed by atoms with van der Waals surface area (Å²) in [5.74, 6) is 0.382. The van der Waals surface area contributed by atoms with Gasteiger partial charge in [-0.15, -0.1) is 17.9 Å². The maximum absolute atomic E-state index is 14.2. The molecule has 0 aliphatic heterocycles. The Morgan fingerprint density at radius 3 is 2.71 bits per heavy atom. The Labute approximate surface area is 180 Å². The van der Waals surface area contributed by atoms with Gasteiger partial charge in [0.1, 0.15) is 0 Å². The lowest BCUT2D eigenvalue weighted by atomic mass is 10.1. The van der Waals surface area contributed by atoms with E-state index >= 15 is 0 Å². The van der Waals surface area contributed by atoms with Crippen molar-refractivity contribution in [3.05, 3.63) is 23.8 Å². The Morgan fingerprint density at radius 1 is 1.35 bits per heavy atom. The molecule has 0 saturated carbocycles. The van der Waals surface area contributed by atoms with Crippen LogP contribution in [0.2, 0.25) is 0 Å². The van der Waals surface area contributed by atoms with Crippen LogP contribution in [0.25, 0.3) is 16.6 Å². The third kappa shape index (κ3) is 5.19. The minimum Gasteiger partial charge on any atom is -0.494 e. The number of methoxy groups -OCH3 is 1. The first kappa shape index (κ1) is 23.8. The minimum atomic E-state index is -0.503. The first-order valence-corrected chi connectivity index (χ1v) is 9.83. The van der Waals surface area contributed by atoms with Gasteiger partial charge in [-0.3, -0.25) is 4.79 Å². The molecule has 0 saturated heterocycles. The molecule has 0 fully saturated rings. The standard InChI is InChI=1S/C19H26FN7O2.C2H2/c1-11(26(2)17(28)7-8-21)5-4-6-16-24-18-12-9-13(20)15(29-3)10-14(12)23-19(22)27(18)25-16;1-2/h9-11H,4-8,21H2,1-3H3,(H2,22,23);1-2H/t11-;/m0./s1. The number of benzene rings is 1. The second-order valence-corrected chi connectivity index (χ2v) is 7.02. The Bertz CT molecular complexity index is 1080. The minimum absolute atomic E-state index is 0.0358. The molecule has 2 heterocycles. The Morgan fingerprint density at radius 2 is 2.06 bits per heavy atom. The third-order valence-electron chi connectivity index (χ3n) is 5.05. The molecule has 9 nitrogen and oxygen atoms in total. The van der Waals surface area contributed by atoms with Crippen LogP contribution in [-0.4, -0.2) is 57.1 Å². The molecule has 10 heteroatoms. The van der Waals surface area contributed by atoms with Crippen LogP contribution >= 0.6 is 0 Å². The van der Waals surface area contributed by atoms with Crippen LogP contribution in [-0.2, 0) is 11.2 Å². The molecular weight excluding hydrogens is 401 g/mol. The van der Waals surface area contributed by atoms with E-state index in [-0.39, 0.29) is 23.6 Å². The predicted octanol–water partition coefficient (Wildman–Crippen LogP) is 1.78. The van der Waals surface area contributed by atoms with E-state index in [0.29, 0.717) is 41.8 Å². The van der Waals surface area contributed by atoms with Crippen molar-refractivity contribution < 1.29 is 13.9 Å². The topological polar surface area (TPSA) is 125 Å². The van der Waals surface area contributed by atoms with Gasteiger partial charge in [0.2, 0.25) is 11.9 Å². The zero-order valence-electron chi connectivity index (χ0n) is 18.0. The Balaban J connectivity index is 0.00000166. The highest BCUT2D eigenvalue weighted by molar-refractivity contribution is 5.93. The van der Waals surface area contributed by atoms with Gasteiger partial charge in [0, 0.05) is 43.9 Å². The number of nitrogens with two attached hydrogens (primary N) is 2. The summed E-state index contributed by atoms with van der Waals surface area (Å²) in [4.78, 5) is 22.5. The maximum atomic E-state index is 14.2. The number of terminal acetylenes is 1. The second-order valence-electron chi connectivity index (χ2n) is 7.02. The number of rotatable bonds is 8. The van der Waals surface area contributed by atoms with E-state index < -0.39 is 5.82 Å². The molecule has 0 aliphatic carbocycles. The smallest absolute Gasteiger partial charge is 0.223 e. The largest absolute Gasteiger partial charge is 0.494 e. The molecule has 4 N–H and O–H groups in total. The van der Waals surface area contributed by atoms with Gasteiger partial charge in [0.25, 0.3) is 0 Å². The summed E-state index contributed by atoms with van der Waals surface area (Å²) in [5, 5.41) is 4.92. The van der Waals surface area contributed by atoms with Crippen LogP contribution < -0.4 is 16.2 Å². The van der Waals surface area contributed by atoms with E-state index in [1.807, 2.05) is 6.92 Å². The number of aromatic nitrogens is 4. The van der Waals surface area contributed by atoms with E-state index in [1.54, 1.807) is 11.9 Å². The first-order valence-electron chi connectivity index (χ1n) is 9.83. The number of amides is 1. The molecule has 0 unspecified atom stereocenters. The van der Waals surface area contributed by atoms with Crippen LogP contribution in [0.1, 0.15) is 32.0 Å². The number of hydrogen-bond acceptors (Lipinski definition) is 7. The van der Waals surface area contributed by atoms with Crippen molar-refractivity contribution >= 4 is 28.4 Å². The van der Waals surface area contributed by atoms with Gasteiger partial charge >= 0.3 is 0 Å². The highest BCUT2D eigenvalue weighted by Gasteiger charge is 2.17. The number of nitrogen functional groups attached to an aromatic ring is 1. The van der Waals surface area contributed by atoms with E-state index in [9.17, 15) is 9.18 Å². The molecule has 0 aliphatic rings. The first-order chi connectivity index (χ1) is 14.8. The van der Waals surface area contributed by atoms with Crippen molar-refractivity contribution in [3.8, 4) is 18.6 Å². The van der Waals surface area contributed by atoms with Crippen molar-refractivity contribution in [2.75, 3.05) is 26.4 Å². The summed E-state index contributed by atoms with van der Waals surface area (Å²) < 4.78 is 20.6. The molecule has 1 atom stereocenters. The zero-order chi connectivity index (χ0) is 23.1. The van der Waals surface area contributed by atoms with Crippen molar-refractivity contribution in [1.82, 2.24) is 24.5 Å². The van der Waals surface area contributed by atoms with E-state index in [1.165, 1.54) is 23.8 Å². The number of fused-ring (bicyclic) bond motifs is 3. The summed E-state index contributed by atoms with van der Waals surface area (Å²) in [6.45, 7) is 2.34. The molecule has 31 heavy (non-hydrogen) atoms. The monoisotopic (exact) mass is 429 g/mol. The highest BCUT2D eigenvalue weighted by atomic mass is 19.1. The van der Waals surface area contributed by atoms with Gasteiger partial charge in [-0.25, -0.2) is 14.4 Å². The molecule has 0 radical (unpaired) electrons. The number of aryl methyl sites for hydroxylation is 1. The fourth-order valence-electron chi connectivity index (χ4n) is 3.23. The van der Waals surface area contributed by atoms with Crippen LogP contribution in [0.4, 0.5) is 10.3 Å². The van der Waals surface area contributed by atoms with Crippen LogP contribution in [0.15, 0.2) is 12.1 Å². The number of halogens is 1. The van der Waals surface area contributed by atoms with Gasteiger partial charge in [-0.05, 0) is 25.8 Å². The summed E-state index contributed by atoms with van der Waals surface area (Å²) in [6.07, 6.45) is 10.5. The lowest BCUT2D eigenvalue weighted by Gasteiger charge is -2.24. The van der Waals surface area contributed by atoms with Gasteiger partial charge in [-0.1, -0.05) is 0 Å².